The average Bonchev–Trinajstić information content (AvgIpc) is 2.54. The number of hydrogen-bond acceptors (Lipinski definition) is 3. The third kappa shape index (κ3) is 3.70. The summed E-state index contributed by atoms with van der Waals surface area (Å²) in [5.41, 5.74) is 1.33. The summed E-state index contributed by atoms with van der Waals surface area (Å²) in [7, 11) is 1.70. The zero-order valence-electron chi connectivity index (χ0n) is 11.1. The van der Waals surface area contributed by atoms with Gasteiger partial charge < -0.3 is 10.1 Å². The third-order valence-corrected chi connectivity index (χ3v) is 3.92. The molecule has 18 heavy (non-hydrogen) atoms. The van der Waals surface area contributed by atoms with Crippen LogP contribution in [-0.2, 0) is 6.54 Å². The van der Waals surface area contributed by atoms with Crippen molar-refractivity contribution in [2.45, 2.75) is 25.9 Å². The highest BCUT2D eigenvalue weighted by Crippen LogP contribution is 2.26. The Morgan fingerprint density at radius 2 is 2.33 bits per heavy atom. The van der Waals surface area contributed by atoms with Gasteiger partial charge in [-0.25, -0.2) is 0 Å². The van der Waals surface area contributed by atoms with E-state index >= 15 is 0 Å². The zero-order valence-corrected chi connectivity index (χ0v) is 12.7. The summed E-state index contributed by atoms with van der Waals surface area (Å²) in [6, 6.07) is 6.90. The Morgan fingerprint density at radius 3 is 3.06 bits per heavy atom. The van der Waals surface area contributed by atoms with E-state index in [4.69, 9.17) is 4.74 Å². The fraction of sp³-hybridized carbons (Fsp3) is 0.571. The van der Waals surface area contributed by atoms with Crippen LogP contribution in [0.1, 0.15) is 18.9 Å². The molecular formula is C14H21BrN2O. The van der Waals surface area contributed by atoms with E-state index in [1.807, 2.05) is 6.07 Å². The summed E-state index contributed by atoms with van der Waals surface area (Å²) in [5, 5.41) is 3.52. The molecule has 1 atom stereocenters. The number of rotatable bonds is 3. The first kappa shape index (κ1) is 13.8. The Hall–Kier alpha value is -0.580. The Kier molecular flexibility index (Phi) is 5.03. The van der Waals surface area contributed by atoms with Crippen molar-refractivity contribution in [3.05, 3.63) is 28.2 Å². The number of nitrogens with one attached hydrogen (secondary N) is 1. The Morgan fingerprint density at radius 1 is 1.50 bits per heavy atom. The molecule has 0 radical (unpaired) electrons. The van der Waals surface area contributed by atoms with Gasteiger partial charge in [0.15, 0.2) is 0 Å². The molecule has 3 nitrogen and oxygen atoms in total. The van der Waals surface area contributed by atoms with E-state index in [0.717, 1.165) is 29.9 Å². The van der Waals surface area contributed by atoms with Crippen molar-refractivity contribution >= 4 is 15.9 Å². The lowest BCUT2D eigenvalue weighted by Crippen LogP contribution is -2.34. The second-order valence-electron chi connectivity index (χ2n) is 4.91. The van der Waals surface area contributed by atoms with Gasteiger partial charge in [-0.3, -0.25) is 4.90 Å². The molecule has 1 N–H and O–H groups in total. The second-order valence-corrected chi connectivity index (χ2v) is 5.77. The van der Waals surface area contributed by atoms with Crippen LogP contribution in [-0.4, -0.2) is 37.7 Å². The van der Waals surface area contributed by atoms with E-state index in [9.17, 15) is 0 Å². The highest BCUT2D eigenvalue weighted by molar-refractivity contribution is 9.10. The van der Waals surface area contributed by atoms with Crippen LogP contribution in [0, 0.1) is 0 Å². The van der Waals surface area contributed by atoms with Crippen molar-refractivity contribution in [1.82, 2.24) is 10.2 Å². The van der Waals surface area contributed by atoms with Gasteiger partial charge in [0.25, 0.3) is 0 Å². The minimum Gasteiger partial charge on any atom is -0.496 e. The van der Waals surface area contributed by atoms with Crippen LogP contribution < -0.4 is 10.1 Å². The van der Waals surface area contributed by atoms with E-state index in [2.05, 4.69) is 45.2 Å². The zero-order chi connectivity index (χ0) is 13.0. The molecule has 1 aliphatic rings. The SMILES string of the molecule is COc1ccc(CN2CCCNC(C)C2)cc1Br. The van der Waals surface area contributed by atoms with Crippen molar-refractivity contribution < 1.29 is 4.74 Å². The molecule has 4 heteroatoms. The number of methoxy groups -OCH3 is 1. The van der Waals surface area contributed by atoms with E-state index in [1.54, 1.807) is 7.11 Å². The molecule has 1 fully saturated rings. The summed E-state index contributed by atoms with van der Waals surface area (Å²) in [6.07, 6.45) is 1.22. The molecule has 100 valence electrons. The molecule has 0 aromatic heterocycles. The van der Waals surface area contributed by atoms with Crippen LogP contribution in [0.5, 0.6) is 5.75 Å². The van der Waals surface area contributed by atoms with E-state index in [1.165, 1.54) is 18.5 Å². The molecule has 0 bridgehead atoms. The standard InChI is InChI=1S/C14H21BrN2O/c1-11-9-17(7-3-6-16-11)10-12-4-5-14(18-2)13(15)8-12/h4-5,8,11,16H,3,6-7,9-10H2,1-2H3. The fourth-order valence-electron chi connectivity index (χ4n) is 2.40. The summed E-state index contributed by atoms with van der Waals surface area (Å²) in [6.45, 7) is 6.67. The van der Waals surface area contributed by atoms with Gasteiger partial charge in [-0.15, -0.1) is 0 Å². The van der Waals surface area contributed by atoms with Gasteiger partial charge in [-0.05, 0) is 60.1 Å². The van der Waals surface area contributed by atoms with Crippen LogP contribution >= 0.6 is 15.9 Å². The van der Waals surface area contributed by atoms with E-state index < -0.39 is 0 Å². The smallest absolute Gasteiger partial charge is 0.133 e. The van der Waals surface area contributed by atoms with Gasteiger partial charge in [-0.2, -0.15) is 0 Å². The normalized spacial score (nSPS) is 21.6. The molecule has 0 spiro atoms. The molecule has 1 heterocycles. The van der Waals surface area contributed by atoms with Crippen molar-refractivity contribution in [1.29, 1.82) is 0 Å². The molecule has 0 aliphatic carbocycles. The Balaban J connectivity index is 2.01. The van der Waals surface area contributed by atoms with Gasteiger partial charge in [0.2, 0.25) is 0 Å². The number of ether oxygens (including phenoxy) is 1. The first-order chi connectivity index (χ1) is 8.69. The summed E-state index contributed by atoms with van der Waals surface area (Å²) < 4.78 is 6.29. The van der Waals surface area contributed by atoms with Crippen molar-refractivity contribution in [2.24, 2.45) is 0 Å². The maximum Gasteiger partial charge on any atom is 0.133 e. The van der Waals surface area contributed by atoms with Crippen LogP contribution in [0.2, 0.25) is 0 Å². The topological polar surface area (TPSA) is 24.5 Å². The van der Waals surface area contributed by atoms with Gasteiger partial charge in [0, 0.05) is 19.1 Å². The predicted molar refractivity (Wildman–Crippen MR) is 78.1 cm³/mol. The number of benzene rings is 1. The minimum absolute atomic E-state index is 0.578. The molecule has 1 aromatic rings. The van der Waals surface area contributed by atoms with Crippen molar-refractivity contribution in [3.63, 3.8) is 0 Å². The Labute approximate surface area is 118 Å². The summed E-state index contributed by atoms with van der Waals surface area (Å²) in [5.74, 6) is 0.893. The molecule has 0 amide bonds. The molecule has 1 aromatic carbocycles. The number of nitrogens with zero attached hydrogens (tertiary/aromatic N) is 1. The number of halogens is 1. The van der Waals surface area contributed by atoms with Gasteiger partial charge >= 0.3 is 0 Å². The molecule has 2 rings (SSSR count). The first-order valence-electron chi connectivity index (χ1n) is 6.47. The van der Waals surface area contributed by atoms with Gasteiger partial charge in [-0.1, -0.05) is 6.07 Å². The van der Waals surface area contributed by atoms with Gasteiger partial charge in [0.1, 0.15) is 5.75 Å². The maximum atomic E-state index is 5.26. The van der Waals surface area contributed by atoms with E-state index in [0.29, 0.717) is 6.04 Å². The monoisotopic (exact) mass is 312 g/mol. The summed E-state index contributed by atoms with van der Waals surface area (Å²) in [4.78, 5) is 2.51. The lowest BCUT2D eigenvalue weighted by Gasteiger charge is -2.22. The molecule has 1 saturated heterocycles. The average molecular weight is 313 g/mol. The lowest BCUT2D eigenvalue weighted by atomic mass is 10.2. The number of hydrogen-bond donors (Lipinski definition) is 1. The highest BCUT2D eigenvalue weighted by atomic mass is 79.9. The second kappa shape index (κ2) is 6.55. The highest BCUT2D eigenvalue weighted by Gasteiger charge is 2.14. The van der Waals surface area contributed by atoms with Crippen LogP contribution in [0.25, 0.3) is 0 Å². The fourth-order valence-corrected chi connectivity index (χ4v) is 2.99. The van der Waals surface area contributed by atoms with Crippen LogP contribution in [0.3, 0.4) is 0 Å². The van der Waals surface area contributed by atoms with Crippen LogP contribution in [0.15, 0.2) is 22.7 Å². The van der Waals surface area contributed by atoms with Crippen molar-refractivity contribution in [2.75, 3.05) is 26.7 Å². The third-order valence-electron chi connectivity index (χ3n) is 3.30. The Bertz CT molecular complexity index is 397. The minimum atomic E-state index is 0.578. The molecular weight excluding hydrogens is 292 g/mol. The maximum absolute atomic E-state index is 5.26. The predicted octanol–water partition coefficient (Wildman–Crippen LogP) is 2.64. The molecule has 1 aliphatic heterocycles. The molecule has 0 saturated carbocycles. The quantitative estimate of drug-likeness (QED) is 0.928. The van der Waals surface area contributed by atoms with Crippen LogP contribution in [0.4, 0.5) is 0 Å². The first-order valence-corrected chi connectivity index (χ1v) is 7.26. The van der Waals surface area contributed by atoms with Gasteiger partial charge in [0.05, 0.1) is 11.6 Å². The lowest BCUT2D eigenvalue weighted by molar-refractivity contribution is 0.264. The van der Waals surface area contributed by atoms with E-state index in [-0.39, 0.29) is 0 Å². The van der Waals surface area contributed by atoms with Crippen molar-refractivity contribution in [3.8, 4) is 5.75 Å². The largest absolute Gasteiger partial charge is 0.496 e. The summed E-state index contributed by atoms with van der Waals surface area (Å²) >= 11 is 3.54. The molecule has 1 unspecified atom stereocenters.